The number of nitrogens with one attached hydrogen (secondary N) is 1. The topological polar surface area (TPSA) is 89.3 Å². The number of anilines is 1. The summed E-state index contributed by atoms with van der Waals surface area (Å²) in [5.41, 5.74) is 1.36. The summed E-state index contributed by atoms with van der Waals surface area (Å²) in [7, 11) is 0. The summed E-state index contributed by atoms with van der Waals surface area (Å²) in [5, 5.41) is 13.6. The van der Waals surface area contributed by atoms with Crippen LogP contribution in [0.4, 0.5) is 11.4 Å². The third kappa shape index (κ3) is 3.76. The molecule has 0 aliphatic heterocycles. The van der Waals surface area contributed by atoms with Crippen LogP contribution in [-0.2, 0) is 11.2 Å². The summed E-state index contributed by atoms with van der Waals surface area (Å²) in [6.45, 7) is 1.46. The van der Waals surface area contributed by atoms with Crippen molar-refractivity contribution in [3.63, 3.8) is 0 Å². The molecule has 0 fully saturated rings. The maximum absolute atomic E-state index is 12.0. The van der Waals surface area contributed by atoms with Crippen LogP contribution in [0.5, 0.6) is 0 Å². The first-order chi connectivity index (χ1) is 10.5. The highest BCUT2D eigenvalue weighted by molar-refractivity contribution is 5.96. The molecular weight excluding hydrogens is 284 g/mol. The molecule has 0 radical (unpaired) electrons. The lowest BCUT2D eigenvalue weighted by Crippen LogP contribution is -2.15. The highest BCUT2D eigenvalue weighted by atomic mass is 16.6. The number of Topliss-reactive ketones (excluding diaryl/α,β-unsaturated/α-hetero) is 1. The number of hydrogen-bond acceptors (Lipinski definition) is 4. The summed E-state index contributed by atoms with van der Waals surface area (Å²) in [6.07, 6.45) is -0.0917. The number of para-hydroxylation sites is 1. The maximum atomic E-state index is 12.0. The van der Waals surface area contributed by atoms with Crippen LogP contribution in [0.25, 0.3) is 0 Å². The van der Waals surface area contributed by atoms with Crippen molar-refractivity contribution in [1.82, 2.24) is 0 Å². The van der Waals surface area contributed by atoms with Crippen LogP contribution in [0.15, 0.2) is 48.5 Å². The van der Waals surface area contributed by atoms with Crippen LogP contribution in [0.1, 0.15) is 22.8 Å². The fraction of sp³-hybridized carbons (Fsp3) is 0.125. The smallest absolute Gasteiger partial charge is 0.273 e. The van der Waals surface area contributed by atoms with E-state index in [-0.39, 0.29) is 23.8 Å². The van der Waals surface area contributed by atoms with Gasteiger partial charge in [0.2, 0.25) is 5.91 Å². The second-order valence-electron chi connectivity index (χ2n) is 4.74. The highest BCUT2D eigenvalue weighted by Crippen LogP contribution is 2.19. The molecule has 0 saturated carbocycles. The first kappa shape index (κ1) is 15.4. The molecule has 0 aliphatic carbocycles. The van der Waals surface area contributed by atoms with Gasteiger partial charge in [-0.2, -0.15) is 0 Å². The Balaban J connectivity index is 2.07. The van der Waals surface area contributed by atoms with Crippen LogP contribution in [0.2, 0.25) is 0 Å². The van der Waals surface area contributed by atoms with Gasteiger partial charge in [0.05, 0.1) is 11.3 Å². The second kappa shape index (κ2) is 6.62. The van der Waals surface area contributed by atoms with Gasteiger partial charge in [-0.15, -0.1) is 0 Å². The summed E-state index contributed by atoms with van der Waals surface area (Å²) in [4.78, 5) is 33.5. The van der Waals surface area contributed by atoms with Crippen molar-refractivity contribution in [2.75, 3.05) is 5.32 Å². The number of benzene rings is 2. The largest absolute Gasteiger partial charge is 0.326 e. The Labute approximate surface area is 126 Å². The van der Waals surface area contributed by atoms with E-state index in [4.69, 9.17) is 0 Å². The molecule has 0 heterocycles. The molecule has 2 rings (SSSR count). The second-order valence-corrected chi connectivity index (χ2v) is 4.74. The van der Waals surface area contributed by atoms with Gasteiger partial charge in [0.1, 0.15) is 0 Å². The number of hydrogen-bond donors (Lipinski definition) is 1. The SMILES string of the molecule is CC(=O)c1ccc(NC(=O)Cc2ccccc2[N+](=O)[O-])cc1. The van der Waals surface area contributed by atoms with Crippen LogP contribution >= 0.6 is 0 Å². The lowest BCUT2D eigenvalue weighted by Gasteiger charge is -2.06. The van der Waals surface area contributed by atoms with Crippen molar-refractivity contribution < 1.29 is 14.5 Å². The van der Waals surface area contributed by atoms with Crippen molar-refractivity contribution >= 4 is 23.1 Å². The maximum Gasteiger partial charge on any atom is 0.273 e. The van der Waals surface area contributed by atoms with Gasteiger partial charge in [0, 0.05) is 22.9 Å². The number of carbonyl (C=O) groups excluding carboxylic acids is 2. The molecule has 1 N–H and O–H groups in total. The number of carbonyl (C=O) groups is 2. The predicted molar refractivity (Wildman–Crippen MR) is 81.9 cm³/mol. The Morgan fingerprint density at radius 3 is 2.32 bits per heavy atom. The monoisotopic (exact) mass is 298 g/mol. The number of nitrogens with zero attached hydrogens (tertiary/aromatic N) is 1. The molecular formula is C16H14N2O4. The molecule has 6 nitrogen and oxygen atoms in total. The Morgan fingerprint density at radius 1 is 1.09 bits per heavy atom. The lowest BCUT2D eigenvalue weighted by molar-refractivity contribution is -0.385. The van der Waals surface area contributed by atoms with E-state index in [0.29, 0.717) is 16.8 Å². The average molecular weight is 298 g/mol. The van der Waals surface area contributed by atoms with E-state index in [1.54, 1.807) is 42.5 Å². The molecule has 2 aromatic rings. The van der Waals surface area contributed by atoms with E-state index in [1.807, 2.05) is 0 Å². The molecule has 0 aliphatic rings. The van der Waals surface area contributed by atoms with E-state index in [1.165, 1.54) is 13.0 Å². The van der Waals surface area contributed by atoms with E-state index in [9.17, 15) is 19.7 Å². The molecule has 0 bridgehead atoms. The fourth-order valence-electron chi connectivity index (χ4n) is 2.00. The van der Waals surface area contributed by atoms with Crippen molar-refractivity contribution in [3.05, 3.63) is 69.8 Å². The average Bonchev–Trinajstić information content (AvgIpc) is 2.48. The van der Waals surface area contributed by atoms with Gasteiger partial charge in [-0.05, 0) is 31.2 Å². The van der Waals surface area contributed by atoms with Crippen molar-refractivity contribution in [2.24, 2.45) is 0 Å². The van der Waals surface area contributed by atoms with Gasteiger partial charge in [-0.1, -0.05) is 18.2 Å². The zero-order chi connectivity index (χ0) is 16.1. The van der Waals surface area contributed by atoms with Gasteiger partial charge in [-0.25, -0.2) is 0 Å². The standard InChI is InChI=1S/C16H14N2O4/c1-11(19)12-6-8-14(9-7-12)17-16(20)10-13-4-2-3-5-15(13)18(21)22/h2-9H,10H2,1H3,(H,17,20). The number of nitro groups is 1. The Morgan fingerprint density at radius 2 is 1.73 bits per heavy atom. The normalized spacial score (nSPS) is 10.0. The Hall–Kier alpha value is -3.02. The summed E-state index contributed by atoms with van der Waals surface area (Å²) < 4.78 is 0. The third-order valence-electron chi connectivity index (χ3n) is 3.11. The quantitative estimate of drug-likeness (QED) is 0.522. The first-order valence-corrected chi connectivity index (χ1v) is 6.60. The van der Waals surface area contributed by atoms with E-state index in [0.717, 1.165) is 0 Å². The Kier molecular flexibility index (Phi) is 4.63. The molecule has 2 aromatic carbocycles. The summed E-state index contributed by atoms with van der Waals surface area (Å²) >= 11 is 0. The fourth-order valence-corrected chi connectivity index (χ4v) is 2.00. The van der Waals surface area contributed by atoms with E-state index < -0.39 is 4.92 Å². The molecule has 0 unspecified atom stereocenters. The molecule has 0 aromatic heterocycles. The van der Waals surface area contributed by atoms with Gasteiger partial charge in [-0.3, -0.25) is 19.7 Å². The molecule has 0 spiro atoms. The third-order valence-corrected chi connectivity index (χ3v) is 3.11. The predicted octanol–water partition coefficient (Wildman–Crippen LogP) is 2.98. The van der Waals surface area contributed by atoms with Crippen LogP contribution < -0.4 is 5.32 Å². The zero-order valence-corrected chi connectivity index (χ0v) is 11.9. The highest BCUT2D eigenvalue weighted by Gasteiger charge is 2.15. The van der Waals surface area contributed by atoms with Crippen LogP contribution in [-0.4, -0.2) is 16.6 Å². The van der Waals surface area contributed by atoms with E-state index in [2.05, 4.69) is 5.32 Å². The zero-order valence-electron chi connectivity index (χ0n) is 11.9. The van der Waals surface area contributed by atoms with Gasteiger partial charge >= 0.3 is 0 Å². The van der Waals surface area contributed by atoms with Crippen molar-refractivity contribution in [2.45, 2.75) is 13.3 Å². The summed E-state index contributed by atoms with van der Waals surface area (Å²) in [6, 6.07) is 12.6. The van der Waals surface area contributed by atoms with E-state index >= 15 is 0 Å². The molecule has 0 atom stereocenters. The van der Waals surface area contributed by atoms with Gasteiger partial charge < -0.3 is 5.32 Å². The molecule has 112 valence electrons. The number of amides is 1. The number of rotatable bonds is 5. The van der Waals surface area contributed by atoms with Gasteiger partial charge in [0.15, 0.2) is 5.78 Å². The minimum Gasteiger partial charge on any atom is -0.326 e. The molecule has 6 heteroatoms. The van der Waals surface area contributed by atoms with Crippen molar-refractivity contribution in [1.29, 1.82) is 0 Å². The summed E-state index contributed by atoms with van der Waals surface area (Å²) in [5.74, 6) is -0.414. The van der Waals surface area contributed by atoms with Crippen molar-refractivity contribution in [3.8, 4) is 0 Å². The minimum absolute atomic E-state index is 0.0576. The molecule has 22 heavy (non-hydrogen) atoms. The van der Waals surface area contributed by atoms with Gasteiger partial charge in [0.25, 0.3) is 5.69 Å². The molecule has 0 saturated heterocycles. The van der Waals surface area contributed by atoms with Crippen LogP contribution in [0.3, 0.4) is 0 Å². The molecule has 1 amide bonds. The first-order valence-electron chi connectivity index (χ1n) is 6.60. The number of nitro benzene ring substituents is 1. The van der Waals surface area contributed by atoms with Crippen LogP contribution in [0, 0.1) is 10.1 Å². The lowest BCUT2D eigenvalue weighted by atomic mass is 10.1. The minimum atomic E-state index is -0.510. The number of ketones is 1. The Bertz CT molecular complexity index is 723.